The van der Waals surface area contributed by atoms with Crippen molar-refractivity contribution in [3.05, 3.63) is 58.5 Å². The van der Waals surface area contributed by atoms with Gasteiger partial charge < -0.3 is 10.1 Å². The predicted molar refractivity (Wildman–Crippen MR) is 114 cm³/mol. The van der Waals surface area contributed by atoms with Crippen molar-refractivity contribution in [3.8, 4) is 17.0 Å². The lowest BCUT2D eigenvalue weighted by molar-refractivity contribution is -0.118. The first-order valence-electron chi connectivity index (χ1n) is 8.90. The maximum Gasteiger partial charge on any atom is 0.262 e. The number of amides is 1. The number of thiazole rings is 1. The summed E-state index contributed by atoms with van der Waals surface area (Å²) in [6.45, 7) is 3.82. The number of sulfonamides is 1. The minimum atomic E-state index is -3.59. The van der Waals surface area contributed by atoms with Crippen LogP contribution in [-0.4, -0.2) is 25.9 Å². The van der Waals surface area contributed by atoms with Crippen molar-refractivity contribution in [1.82, 2.24) is 4.98 Å². The molecule has 1 aromatic heterocycles. The Balaban J connectivity index is 1.56. The van der Waals surface area contributed by atoms with Crippen molar-refractivity contribution >= 4 is 38.1 Å². The molecule has 2 aromatic carbocycles. The van der Waals surface area contributed by atoms with E-state index < -0.39 is 10.0 Å². The van der Waals surface area contributed by atoms with Crippen LogP contribution in [0.3, 0.4) is 0 Å². The largest absolute Gasteiger partial charge is 0.482 e. The van der Waals surface area contributed by atoms with Gasteiger partial charge in [-0.05, 0) is 37.6 Å². The van der Waals surface area contributed by atoms with Gasteiger partial charge in [0.25, 0.3) is 5.91 Å². The number of fused-ring (bicyclic) bond motifs is 1. The molecule has 0 saturated heterocycles. The van der Waals surface area contributed by atoms with Gasteiger partial charge in [0.05, 0.1) is 17.1 Å². The van der Waals surface area contributed by atoms with Crippen LogP contribution in [0.1, 0.15) is 16.0 Å². The van der Waals surface area contributed by atoms with Gasteiger partial charge in [-0.1, -0.05) is 29.8 Å². The van der Waals surface area contributed by atoms with Crippen molar-refractivity contribution in [3.63, 3.8) is 0 Å². The van der Waals surface area contributed by atoms with E-state index in [1.54, 1.807) is 24.3 Å². The van der Waals surface area contributed by atoms with Crippen LogP contribution in [0, 0.1) is 13.8 Å². The van der Waals surface area contributed by atoms with Crippen molar-refractivity contribution in [1.29, 1.82) is 0 Å². The second kappa shape index (κ2) is 7.49. The summed E-state index contributed by atoms with van der Waals surface area (Å²) in [5, 5.41) is 3.07. The third kappa shape index (κ3) is 4.41. The van der Waals surface area contributed by atoms with E-state index >= 15 is 0 Å². The molecule has 0 fully saturated rings. The summed E-state index contributed by atoms with van der Waals surface area (Å²) in [4.78, 5) is 16.9. The molecular formula is C20H19N3O4S2. The topological polar surface area (TPSA) is 97.4 Å². The fourth-order valence-corrected chi connectivity index (χ4v) is 5.26. The molecule has 0 aliphatic carbocycles. The summed E-state index contributed by atoms with van der Waals surface area (Å²) in [6.07, 6.45) is 0. The highest BCUT2D eigenvalue weighted by Crippen LogP contribution is 2.36. The SMILES string of the molecule is Cc1ccc(CS(=O)(=O)Nc2nc(-c3ccc4c(c3)NC(=O)CO4)c(C)s2)cc1. The number of benzene rings is 2. The van der Waals surface area contributed by atoms with Gasteiger partial charge in [0.1, 0.15) is 5.75 Å². The molecule has 9 heteroatoms. The number of nitrogens with zero attached hydrogens (tertiary/aromatic N) is 1. The summed E-state index contributed by atoms with van der Waals surface area (Å²) in [5.74, 6) is 0.262. The maximum atomic E-state index is 12.5. The van der Waals surface area contributed by atoms with Gasteiger partial charge in [-0.25, -0.2) is 13.4 Å². The monoisotopic (exact) mass is 429 g/mol. The van der Waals surface area contributed by atoms with Crippen LogP contribution in [0.4, 0.5) is 10.8 Å². The number of ether oxygens (including phenoxy) is 1. The molecule has 2 heterocycles. The molecule has 0 unspecified atom stereocenters. The third-order valence-corrected chi connectivity index (χ3v) is 6.64. The minimum absolute atomic E-state index is 0.00497. The zero-order chi connectivity index (χ0) is 20.6. The molecule has 29 heavy (non-hydrogen) atoms. The van der Waals surface area contributed by atoms with Gasteiger partial charge in [0.2, 0.25) is 10.0 Å². The van der Waals surface area contributed by atoms with Gasteiger partial charge >= 0.3 is 0 Å². The Morgan fingerprint density at radius 2 is 1.93 bits per heavy atom. The van der Waals surface area contributed by atoms with Gasteiger partial charge in [0, 0.05) is 10.4 Å². The number of anilines is 2. The average molecular weight is 430 g/mol. The highest BCUT2D eigenvalue weighted by atomic mass is 32.2. The lowest BCUT2D eigenvalue weighted by Gasteiger charge is -2.18. The summed E-state index contributed by atoms with van der Waals surface area (Å²) in [5.41, 5.74) is 3.79. The number of hydrogen-bond donors (Lipinski definition) is 2. The zero-order valence-corrected chi connectivity index (χ0v) is 17.5. The normalized spacial score (nSPS) is 13.4. The first-order chi connectivity index (χ1) is 13.8. The van der Waals surface area contributed by atoms with E-state index in [0.29, 0.717) is 27.8 Å². The van der Waals surface area contributed by atoms with Gasteiger partial charge in [0.15, 0.2) is 11.7 Å². The molecule has 0 radical (unpaired) electrons. The molecule has 0 spiro atoms. The molecule has 0 bridgehead atoms. The van der Waals surface area contributed by atoms with Crippen molar-refractivity contribution < 1.29 is 17.9 Å². The summed E-state index contributed by atoms with van der Waals surface area (Å²) in [7, 11) is -3.59. The minimum Gasteiger partial charge on any atom is -0.482 e. The van der Waals surface area contributed by atoms with E-state index in [0.717, 1.165) is 16.0 Å². The van der Waals surface area contributed by atoms with Crippen LogP contribution in [0.25, 0.3) is 11.3 Å². The predicted octanol–water partition coefficient (Wildman–Crippen LogP) is 3.70. The number of aromatic nitrogens is 1. The first-order valence-corrected chi connectivity index (χ1v) is 11.4. The van der Waals surface area contributed by atoms with Crippen LogP contribution < -0.4 is 14.8 Å². The van der Waals surface area contributed by atoms with E-state index in [1.807, 2.05) is 32.0 Å². The fourth-order valence-electron chi connectivity index (χ4n) is 3.01. The second-order valence-corrected chi connectivity index (χ2v) is 9.74. The molecule has 3 aromatic rings. The molecule has 4 rings (SSSR count). The molecule has 2 N–H and O–H groups in total. The Bertz CT molecular complexity index is 1180. The standard InChI is InChI=1S/C20H19N3O4S2/c1-12-3-5-14(6-4-12)11-29(25,26)23-20-22-19(13(2)28-20)15-7-8-17-16(9-15)21-18(24)10-27-17/h3-9H,10-11H2,1-2H3,(H,21,24)(H,22,23). The number of aryl methyl sites for hydroxylation is 2. The lowest BCUT2D eigenvalue weighted by atomic mass is 10.1. The van der Waals surface area contributed by atoms with E-state index in [9.17, 15) is 13.2 Å². The second-order valence-electron chi connectivity index (χ2n) is 6.82. The summed E-state index contributed by atoms with van der Waals surface area (Å²) >= 11 is 1.27. The van der Waals surface area contributed by atoms with Gasteiger partial charge in [-0.2, -0.15) is 0 Å². The lowest BCUT2D eigenvalue weighted by Crippen LogP contribution is -2.25. The van der Waals surface area contributed by atoms with E-state index in [-0.39, 0.29) is 18.3 Å². The molecule has 0 atom stereocenters. The van der Waals surface area contributed by atoms with E-state index in [2.05, 4.69) is 15.0 Å². The van der Waals surface area contributed by atoms with Gasteiger partial charge in [-0.3, -0.25) is 9.52 Å². The number of hydrogen-bond acceptors (Lipinski definition) is 6. The van der Waals surface area contributed by atoms with Crippen molar-refractivity contribution in [2.45, 2.75) is 19.6 Å². The molecule has 1 amide bonds. The van der Waals surface area contributed by atoms with Crippen LogP contribution in [-0.2, 0) is 20.6 Å². The molecule has 7 nitrogen and oxygen atoms in total. The Kier molecular flexibility index (Phi) is 5.01. The Hall–Kier alpha value is -2.91. The maximum absolute atomic E-state index is 12.5. The highest BCUT2D eigenvalue weighted by molar-refractivity contribution is 7.92. The molecule has 150 valence electrons. The smallest absolute Gasteiger partial charge is 0.262 e. The molecular weight excluding hydrogens is 410 g/mol. The Morgan fingerprint density at radius 1 is 1.17 bits per heavy atom. The molecule has 1 aliphatic heterocycles. The van der Waals surface area contributed by atoms with Crippen LogP contribution in [0.5, 0.6) is 5.75 Å². The fraction of sp³-hybridized carbons (Fsp3) is 0.200. The highest BCUT2D eigenvalue weighted by Gasteiger charge is 2.20. The number of carbonyl (C=O) groups excluding carboxylic acids is 1. The quantitative estimate of drug-likeness (QED) is 0.645. The summed E-state index contributed by atoms with van der Waals surface area (Å²) < 4.78 is 33.0. The molecule has 0 saturated carbocycles. The van der Waals surface area contributed by atoms with Crippen molar-refractivity contribution in [2.75, 3.05) is 16.6 Å². The van der Waals surface area contributed by atoms with E-state index in [4.69, 9.17) is 4.74 Å². The van der Waals surface area contributed by atoms with Crippen LogP contribution >= 0.6 is 11.3 Å². The summed E-state index contributed by atoms with van der Waals surface area (Å²) in [6, 6.07) is 12.8. The zero-order valence-electron chi connectivity index (χ0n) is 15.9. The number of carbonyl (C=O) groups is 1. The Morgan fingerprint density at radius 3 is 2.69 bits per heavy atom. The molecule has 1 aliphatic rings. The van der Waals surface area contributed by atoms with Crippen molar-refractivity contribution in [2.24, 2.45) is 0 Å². The first kappa shape index (κ1) is 19.4. The van der Waals surface area contributed by atoms with E-state index in [1.165, 1.54) is 11.3 Å². The Labute approximate surface area is 172 Å². The van der Waals surface area contributed by atoms with Gasteiger partial charge in [-0.15, -0.1) is 11.3 Å². The van der Waals surface area contributed by atoms with Crippen LogP contribution in [0.15, 0.2) is 42.5 Å². The third-order valence-electron chi connectivity index (χ3n) is 4.40. The van der Waals surface area contributed by atoms with Crippen LogP contribution in [0.2, 0.25) is 0 Å². The number of nitrogens with one attached hydrogen (secondary N) is 2. The average Bonchev–Trinajstić information content (AvgIpc) is 3.02. The number of rotatable bonds is 5.